The van der Waals surface area contributed by atoms with E-state index in [4.69, 9.17) is 4.74 Å². The summed E-state index contributed by atoms with van der Waals surface area (Å²) in [4.78, 5) is 8.54. The molecule has 2 fully saturated rings. The average molecular weight is 419 g/mol. The smallest absolute Gasteiger partial charge is 0.213 e. The molecule has 1 saturated carbocycles. The lowest BCUT2D eigenvalue weighted by Gasteiger charge is -2.16. The number of aromatic nitrogens is 4. The van der Waals surface area contributed by atoms with E-state index >= 15 is 0 Å². The van der Waals surface area contributed by atoms with Gasteiger partial charge < -0.3 is 20.5 Å². The van der Waals surface area contributed by atoms with Crippen molar-refractivity contribution in [2.75, 3.05) is 19.0 Å². The van der Waals surface area contributed by atoms with Gasteiger partial charge in [0.1, 0.15) is 5.75 Å². The van der Waals surface area contributed by atoms with E-state index in [0.717, 1.165) is 42.3 Å². The second-order valence-electron chi connectivity index (χ2n) is 8.42. The number of fused-ring (bicyclic) bond motifs is 1. The first-order valence-electron chi connectivity index (χ1n) is 10.6. The minimum absolute atomic E-state index is 0.0980. The molecule has 1 aromatic carbocycles. The van der Waals surface area contributed by atoms with E-state index in [9.17, 15) is 5.11 Å². The number of hydrogen-bond acceptors (Lipinski definition) is 8. The molecule has 0 radical (unpaired) electrons. The van der Waals surface area contributed by atoms with Crippen molar-refractivity contribution in [3.8, 4) is 34.1 Å². The fourth-order valence-electron chi connectivity index (χ4n) is 4.89. The van der Waals surface area contributed by atoms with Gasteiger partial charge in [-0.25, -0.2) is 9.97 Å². The highest BCUT2D eigenvalue weighted by atomic mass is 16.5. The Balaban J connectivity index is 1.29. The Kier molecular flexibility index (Phi) is 5.15. The van der Waals surface area contributed by atoms with Gasteiger partial charge in [0.2, 0.25) is 5.88 Å². The van der Waals surface area contributed by atoms with E-state index in [1.807, 2.05) is 18.2 Å². The number of anilines is 1. The lowest BCUT2D eigenvalue weighted by Crippen LogP contribution is -2.26. The third kappa shape index (κ3) is 3.90. The minimum atomic E-state index is 0.0980. The molecule has 0 amide bonds. The zero-order valence-electron chi connectivity index (χ0n) is 17.6. The summed E-state index contributed by atoms with van der Waals surface area (Å²) in [5, 5.41) is 26.2. The number of phenols is 1. The van der Waals surface area contributed by atoms with E-state index in [-0.39, 0.29) is 5.75 Å². The zero-order valence-corrected chi connectivity index (χ0v) is 17.6. The summed E-state index contributed by atoms with van der Waals surface area (Å²) >= 11 is 0. The van der Waals surface area contributed by atoms with Gasteiger partial charge in [-0.05, 0) is 67.5 Å². The summed E-state index contributed by atoms with van der Waals surface area (Å²) < 4.78 is 5.17. The monoisotopic (exact) mass is 418 g/mol. The number of pyridine rings is 1. The van der Waals surface area contributed by atoms with Crippen LogP contribution in [-0.2, 0) is 0 Å². The molecule has 4 unspecified atom stereocenters. The Morgan fingerprint density at radius 2 is 1.97 bits per heavy atom. The molecule has 8 heteroatoms. The number of rotatable bonds is 5. The van der Waals surface area contributed by atoms with Crippen molar-refractivity contribution < 1.29 is 9.84 Å². The first kappa shape index (κ1) is 19.7. The standard InChI is InChI=1S/C23H26N6O2/c1-13-19-10-17(7-16(19)11-25-13)27-21-12-26-23(29-28-21)18-4-3-14(8-20(18)30)15-5-6-24-22(9-15)31-2/h3-6,8-9,12-13,16-17,19,25,30H,7,10-11H2,1-2H3,(H,27,28). The molecule has 0 spiro atoms. The fraction of sp³-hybridized carbons (Fsp3) is 0.391. The molecule has 2 aromatic heterocycles. The Morgan fingerprint density at radius 1 is 1.10 bits per heavy atom. The van der Waals surface area contributed by atoms with Crippen LogP contribution in [0.25, 0.3) is 22.5 Å². The quantitative estimate of drug-likeness (QED) is 0.581. The van der Waals surface area contributed by atoms with Crippen molar-refractivity contribution in [1.29, 1.82) is 0 Å². The van der Waals surface area contributed by atoms with E-state index in [2.05, 4.69) is 37.7 Å². The number of hydrogen-bond donors (Lipinski definition) is 3. The highest BCUT2D eigenvalue weighted by Gasteiger charge is 2.41. The number of nitrogens with one attached hydrogen (secondary N) is 2. The molecule has 31 heavy (non-hydrogen) atoms. The van der Waals surface area contributed by atoms with Crippen LogP contribution in [-0.4, -0.2) is 51.0 Å². The highest BCUT2D eigenvalue weighted by molar-refractivity contribution is 5.73. The van der Waals surface area contributed by atoms with Crippen molar-refractivity contribution in [2.45, 2.75) is 31.8 Å². The van der Waals surface area contributed by atoms with Crippen LogP contribution in [0.4, 0.5) is 5.82 Å². The van der Waals surface area contributed by atoms with Crippen molar-refractivity contribution in [2.24, 2.45) is 11.8 Å². The number of methoxy groups -OCH3 is 1. The lowest BCUT2D eigenvalue weighted by molar-refractivity contribution is 0.398. The van der Waals surface area contributed by atoms with Crippen LogP contribution in [0.2, 0.25) is 0 Å². The topological polar surface area (TPSA) is 105 Å². The first-order valence-corrected chi connectivity index (χ1v) is 10.6. The Labute approximate surface area is 181 Å². The summed E-state index contributed by atoms with van der Waals surface area (Å²) in [5.74, 6) is 3.16. The summed E-state index contributed by atoms with van der Waals surface area (Å²) in [7, 11) is 1.58. The van der Waals surface area contributed by atoms with E-state index < -0.39 is 0 Å². The Hall–Kier alpha value is -3.26. The maximum atomic E-state index is 10.6. The molecule has 160 valence electrons. The third-order valence-electron chi connectivity index (χ3n) is 6.52. The maximum absolute atomic E-state index is 10.6. The van der Waals surface area contributed by atoms with Gasteiger partial charge in [0.05, 0.1) is 18.9 Å². The second-order valence-corrected chi connectivity index (χ2v) is 8.42. The summed E-state index contributed by atoms with van der Waals surface area (Å²) in [6.45, 7) is 3.38. The van der Waals surface area contributed by atoms with Crippen molar-refractivity contribution in [3.63, 3.8) is 0 Å². The van der Waals surface area contributed by atoms with Gasteiger partial charge in [0.25, 0.3) is 0 Å². The number of phenolic OH excluding ortho intramolecular Hbond substituents is 1. The average Bonchev–Trinajstić information content (AvgIpc) is 3.35. The zero-order chi connectivity index (χ0) is 21.4. The number of benzene rings is 1. The SMILES string of the molecule is COc1cc(-c2ccc(-c3ncc(NC4CC5CNC(C)C5C4)nn3)c(O)c2)ccn1. The minimum Gasteiger partial charge on any atom is -0.507 e. The molecule has 0 bridgehead atoms. The fourth-order valence-corrected chi connectivity index (χ4v) is 4.89. The van der Waals surface area contributed by atoms with Crippen LogP contribution in [0.1, 0.15) is 19.8 Å². The van der Waals surface area contributed by atoms with Gasteiger partial charge in [0, 0.05) is 24.3 Å². The van der Waals surface area contributed by atoms with Gasteiger partial charge in [-0.15, -0.1) is 10.2 Å². The van der Waals surface area contributed by atoms with Crippen LogP contribution in [0, 0.1) is 11.8 Å². The molecule has 1 aliphatic heterocycles. The first-order chi connectivity index (χ1) is 15.1. The van der Waals surface area contributed by atoms with Gasteiger partial charge >= 0.3 is 0 Å². The van der Waals surface area contributed by atoms with Crippen LogP contribution >= 0.6 is 0 Å². The molecule has 3 N–H and O–H groups in total. The van der Waals surface area contributed by atoms with Crippen LogP contribution in [0.5, 0.6) is 11.6 Å². The number of ether oxygens (including phenoxy) is 1. The number of nitrogens with zero attached hydrogens (tertiary/aromatic N) is 4. The molecule has 3 aromatic rings. The van der Waals surface area contributed by atoms with E-state index in [1.165, 1.54) is 0 Å². The van der Waals surface area contributed by atoms with Crippen LogP contribution in [0.3, 0.4) is 0 Å². The van der Waals surface area contributed by atoms with Gasteiger partial charge in [-0.2, -0.15) is 0 Å². The van der Waals surface area contributed by atoms with E-state index in [1.54, 1.807) is 31.6 Å². The van der Waals surface area contributed by atoms with Gasteiger partial charge in [0.15, 0.2) is 11.6 Å². The molecular formula is C23H26N6O2. The maximum Gasteiger partial charge on any atom is 0.213 e. The number of aromatic hydroxyl groups is 1. The molecule has 1 saturated heterocycles. The molecule has 8 nitrogen and oxygen atoms in total. The lowest BCUT2D eigenvalue weighted by atomic mass is 9.95. The van der Waals surface area contributed by atoms with Crippen LogP contribution in [0.15, 0.2) is 42.7 Å². The molecular weight excluding hydrogens is 392 g/mol. The van der Waals surface area contributed by atoms with Gasteiger partial charge in [-0.1, -0.05) is 6.07 Å². The predicted molar refractivity (Wildman–Crippen MR) is 118 cm³/mol. The summed E-state index contributed by atoms with van der Waals surface area (Å²) in [6, 6.07) is 10.1. The Morgan fingerprint density at radius 3 is 2.71 bits per heavy atom. The molecule has 4 atom stereocenters. The predicted octanol–water partition coefficient (Wildman–Crippen LogP) is 3.11. The van der Waals surface area contributed by atoms with Gasteiger partial charge in [-0.3, -0.25) is 0 Å². The second kappa shape index (κ2) is 8.11. The molecule has 2 aliphatic rings. The summed E-state index contributed by atoms with van der Waals surface area (Å²) in [6.07, 6.45) is 5.66. The molecule has 5 rings (SSSR count). The molecule has 1 aliphatic carbocycles. The van der Waals surface area contributed by atoms with Crippen molar-refractivity contribution in [1.82, 2.24) is 25.5 Å². The van der Waals surface area contributed by atoms with Crippen molar-refractivity contribution >= 4 is 5.82 Å². The third-order valence-corrected chi connectivity index (χ3v) is 6.52. The molecule has 3 heterocycles. The Bertz CT molecular complexity index is 1070. The van der Waals surface area contributed by atoms with E-state index in [0.29, 0.717) is 35.2 Å². The highest BCUT2D eigenvalue weighted by Crippen LogP contribution is 2.39. The largest absolute Gasteiger partial charge is 0.507 e. The normalized spacial score (nSPS) is 24.7. The summed E-state index contributed by atoms with van der Waals surface area (Å²) in [5.41, 5.74) is 2.29. The van der Waals surface area contributed by atoms with Crippen LogP contribution < -0.4 is 15.4 Å². The van der Waals surface area contributed by atoms with Crippen molar-refractivity contribution in [3.05, 3.63) is 42.7 Å².